The van der Waals surface area contributed by atoms with Gasteiger partial charge in [-0.15, -0.1) is 0 Å². The van der Waals surface area contributed by atoms with Crippen LogP contribution in [0.2, 0.25) is 0 Å². The molecule has 2 rings (SSSR count). The standard InChI is InChI=1S/C15H24N2O3S/c1-15(2)12-17(8-9-20-15)21(18,19)11-14-6-4-13(5-7-14)10-16-3/h4-7,16H,8-12H2,1-3H3. The first-order valence-electron chi connectivity index (χ1n) is 7.17. The molecule has 0 aliphatic carbocycles. The van der Waals surface area contributed by atoms with Gasteiger partial charge in [-0.05, 0) is 32.0 Å². The van der Waals surface area contributed by atoms with Crippen LogP contribution >= 0.6 is 0 Å². The Morgan fingerprint density at radius 2 is 1.86 bits per heavy atom. The van der Waals surface area contributed by atoms with E-state index in [0.717, 1.165) is 17.7 Å². The fourth-order valence-corrected chi connectivity index (χ4v) is 4.13. The summed E-state index contributed by atoms with van der Waals surface area (Å²) < 4.78 is 32.1. The van der Waals surface area contributed by atoms with E-state index >= 15 is 0 Å². The SMILES string of the molecule is CNCc1ccc(CS(=O)(=O)N2CCOC(C)(C)C2)cc1. The van der Waals surface area contributed by atoms with Gasteiger partial charge in [0.15, 0.2) is 0 Å². The van der Waals surface area contributed by atoms with Gasteiger partial charge >= 0.3 is 0 Å². The second-order valence-electron chi connectivity index (χ2n) is 6.04. The fraction of sp³-hybridized carbons (Fsp3) is 0.600. The van der Waals surface area contributed by atoms with Crippen LogP contribution in [0.15, 0.2) is 24.3 Å². The maximum absolute atomic E-state index is 12.5. The van der Waals surface area contributed by atoms with Crippen molar-refractivity contribution in [3.63, 3.8) is 0 Å². The summed E-state index contributed by atoms with van der Waals surface area (Å²) in [5.74, 6) is 0.0446. The number of ether oxygens (including phenoxy) is 1. The summed E-state index contributed by atoms with van der Waals surface area (Å²) in [5.41, 5.74) is 1.55. The van der Waals surface area contributed by atoms with Crippen molar-refractivity contribution in [2.45, 2.75) is 31.7 Å². The third-order valence-electron chi connectivity index (χ3n) is 3.54. The third-order valence-corrected chi connectivity index (χ3v) is 5.33. The predicted molar refractivity (Wildman–Crippen MR) is 83.4 cm³/mol. The monoisotopic (exact) mass is 312 g/mol. The second-order valence-corrected chi connectivity index (χ2v) is 8.01. The van der Waals surface area contributed by atoms with E-state index in [1.165, 1.54) is 4.31 Å². The average molecular weight is 312 g/mol. The van der Waals surface area contributed by atoms with Crippen LogP contribution in [0.25, 0.3) is 0 Å². The Balaban J connectivity index is 2.06. The summed E-state index contributed by atoms with van der Waals surface area (Å²) in [7, 11) is -1.41. The first kappa shape index (κ1) is 16.4. The summed E-state index contributed by atoms with van der Waals surface area (Å²) in [6.07, 6.45) is 0. The number of sulfonamides is 1. The molecule has 118 valence electrons. The minimum Gasteiger partial charge on any atom is -0.373 e. The molecule has 0 saturated carbocycles. The molecule has 6 heteroatoms. The molecule has 21 heavy (non-hydrogen) atoms. The van der Waals surface area contributed by atoms with Crippen molar-refractivity contribution in [2.24, 2.45) is 0 Å². The van der Waals surface area contributed by atoms with Crippen LogP contribution in [0.4, 0.5) is 0 Å². The van der Waals surface area contributed by atoms with Crippen molar-refractivity contribution in [3.8, 4) is 0 Å². The Bertz CT molecular complexity index is 567. The van der Waals surface area contributed by atoms with Gasteiger partial charge in [0.2, 0.25) is 10.0 Å². The Kier molecular flexibility index (Phi) is 5.03. The summed E-state index contributed by atoms with van der Waals surface area (Å²) >= 11 is 0. The van der Waals surface area contributed by atoms with Crippen LogP contribution in [0.3, 0.4) is 0 Å². The molecular formula is C15H24N2O3S. The van der Waals surface area contributed by atoms with Gasteiger partial charge in [-0.25, -0.2) is 8.42 Å². The largest absolute Gasteiger partial charge is 0.373 e. The van der Waals surface area contributed by atoms with Crippen molar-refractivity contribution >= 4 is 10.0 Å². The zero-order valence-corrected chi connectivity index (χ0v) is 13.7. The highest BCUT2D eigenvalue weighted by Crippen LogP contribution is 2.21. The van der Waals surface area contributed by atoms with E-state index in [-0.39, 0.29) is 5.75 Å². The van der Waals surface area contributed by atoms with E-state index in [1.54, 1.807) is 0 Å². The van der Waals surface area contributed by atoms with Gasteiger partial charge in [-0.2, -0.15) is 4.31 Å². The van der Waals surface area contributed by atoms with Crippen molar-refractivity contribution in [2.75, 3.05) is 26.7 Å². The Morgan fingerprint density at radius 3 is 2.43 bits per heavy atom. The van der Waals surface area contributed by atoms with Gasteiger partial charge in [-0.1, -0.05) is 24.3 Å². The third kappa shape index (κ3) is 4.51. The van der Waals surface area contributed by atoms with Crippen LogP contribution in [0, 0.1) is 0 Å². The highest BCUT2D eigenvalue weighted by atomic mass is 32.2. The summed E-state index contributed by atoms with van der Waals surface area (Å²) in [6, 6.07) is 7.70. The quantitative estimate of drug-likeness (QED) is 0.891. The first-order chi connectivity index (χ1) is 9.82. The lowest BCUT2D eigenvalue weighted by atomic mass is 10.1. The van der Waals surface area contributed by atoms with Crippen molar-refractivity contribution in [1.82, 2.24) is 9.62 Å². The Labute approximate surface area is 127 Å². The molecule has 1 N–H and O–H groups in total. The highest BCUT2D eigenvalue weighted by molar-refractivity contribution is 7.88. The van der Waals surface area contributed by atoms with Crippen LogP contribution in [-0.2, 0) is 27.1 Å². The van der Waals surface area contributed by atoms with Gasteiger partial charge in [0, 0.05) is 19.6 Å². The lowest BCUT2D eigenvalue weighted by Gasteiger charge is -2.37. The van der Waals surface area contributed by atoms with Crippen molar-refractivity contribution in [1.29, 1.82) is 0 Å². The zero-order valence-electron chi connectivity index (χ0n) is 12.9. The molecule has 0 bridgehead atoms. The number of hydrogen-bond acceptors (Lipinski definition) is 4. The smallest absolute Gasteiger partial charge is 0.218 e. The molecule has 1 saturated heterocycles. The number of nitrogens with zero attached hydrogens (tertiary/aromatic N) is 1. The number of benzene rings is 1. The molecule has 0 aromatic heterocycles. The molecular weight excluding hydrogens is 288 g/mol. The second kappa shape index (κ2) is 6.44. The topological polar surface area (TPSA) is 58.6 Å². The minimum absolute atomic E-state index is 0.0446. The van der Waals surface area contributed by atoms with Gasteiger partial charge in [0.05, 0.1) is 18.0 Å². The molecule has 0 atom stereocenters. The summed E-state index contributed by atoms with van der Waals surface area (Å²) in [6.45, 7) is 5.91. The molecule has 0 spiro atoms. The van der Waals surface area contributed by atoms with Gasteiger partial charge in [-0.3, -0.25) is 0 Å². The number of morpholine rings is 1. The molecule has 1 aromatic rings. The average Bonchev–Trinajstić information content (AvgIpc) is 2.40. The van der Waals surface area contributed by atoms with Crippen LogP contribution < -0.4 is 5.32 Å². The number of rotatable bonds is 5. The molecule has 0 amide bonds. The van der Waals surface area contributed by atoms with E-state index in [0.29, 0.717) is 19.7 Å². The molecule has 1 fully saturated rings. The van der Waals surface area contributed by atoms with Gasteiger partial charge in [0.25, 0.3) is 0 Å². The van der Waals surface area contributed by atoms with Gasteiger partial charge < -0.3 is 10.1 Å². The number of hydrogen-bond donors (Lipinski definition) is 1. The summed E-state index contributed by atoms with van der Waals surface area (Å²) in [5, 5.41) is 3.07. The van der Waals surface area contributed by atoms with Crippen molar-refractivity contribution < 1.29 is 13.2 Å². The predicted octanol–water partition coefficient (Wildman–Crippen LogP) is 1.35. The van der Waals surface area contributed by atoms with Crippen LogP contribution in [-0.4, -0.2) is 45.1 Å². The van der Waals surface area contributed by atoms with E-state index in [9.17, 15) is 8.42 Å². The van der Waals surface area contributed by atoms with E-state index in [1.807, 2.05) is 45.2 Å². The lowest BCUT2D eigenvalue weighted by molar-refractivity contribution is -0.0640. The molecule has 1 aliphatic heterocycles. The highest BCUT2D eigenvalue weighted by Gasteiger charge is 2.33. The van der Waals surface area contributed by atoms with Crippen molar-refractivity contribution in [3.05, 3.63) is 35.4 Å². The molecule has 1 heterocycles. The van der Waals surface area contributed by atoms with E-state index < -0.39 is 15.6 Å². The zero-order chi connectivity index (χ0) is 15.5. The summed E-state index contributed by atoms with van der Waals surface area (Å²) in [4.78, 5) is 0. The van der Waals surface area contributed by atoms with Gasteiger partial charge in [0.1, 0.15) is 0 Å². The molecule has 0 unspecified atom stereocenters. The fourth-order valence-electron chi connectivity index (χ4n) is 2.47. The Morgan fingerprint density at radius 1 is 1.24 bits per heavy atom. The Hall–Kier alpha value is -0.950. The number of nitrogens with one attached hydrogen (secondary N) is 1. The van der Waals surface area contributed by atoms with E-state index in [4.69, 9.17) is 4.74 Å². The van der Waals surface area contributed by atoms with E-state index in [2.05, 4.69) is 5.32 Å². The minimum atomic E-state index is -3.29. The molecule has 1 aliphatic rings. The molecule has 1 aromatic carbocycles. The normalized spacial score (nSPS) is 19.6. The molecule has 5 nitrogen and oxygen atoms in total. The maximum atomic E-state index is 12.5. The van der Waals surface area contributed by atoms with Crippen LogP contribution in [0.1, 0.15) is 25.0 Å². The van der Waals surface area contributed by atoms with Crippen LogP contribution in [0.5, 0.6) is 0 Å². The maximum Gasteiger partial charge on any atom is 0.218 e. The lowest BCUT2D eigenvalue weighted by Crippen LogP contribution is -2.50. The molecule has 0 radical (unpaired) electrons. The first-order valence-corrected chi connectivity index (χ1v) is 8.77.